The summed E-state index contributed by atoms with van der Waals surface area (Å²) in [5.74, 6) is 0. The Balaban J connectivity index is 1.35. The Kier molecular flexibility index (Phi) is 5.36. The van der Waals surface area contributed by atoms with E-state index < -0.39 is 0 Å². The standard InChI is InChI=1S/C26H14N4OS4/c1-30-17-4-2-3-5-19(17)33-21-8-14(6-7-18(21)30)20-11-23-22(34-20)9-16(32-23)10-24-25(31)29-26(35-24)15(12-27)13-28/h2-11H,1H3,(H,29,31)/b24-10-. The number of nitrogens with one attached hydrogen (secondary N) is 1. The van der Waals surface area contributed by atoms with Gasteiger partial charge in [-0.15, -0.1) is 34.0 Å². The molecule has 4 heterocycles. The highest BCUT2D eigenvalue weighted by molar-refractivity contribution is 7.99. The minimum absolute atomic E-state index is 0.0820. The summed E-state index contributed by atoms with van der Waals surface area (Å²) in [4.78, 5) is 21.8. The van der Waals surface area contributed by atoms with E-state index in [1.54, 1.807) is 34.4 Å². The molecule has 1 aliphatic rings. The lowest BCUT2D eigenvalue weighted by atomic mass is 10.1. The van der Waals surface area contributed by atoms with Gasteiger partial charge in [-0.3, -0.25) is 4.79 Å². The minimum atomic E-state index is -0.288. The number of benzene rings is 2. The normalized spacial score (nSPS) is 12.8. The molecule has 3 aromatic heterocycles. The molecule has 0 unspecified atom stereocenters. The van der Waals surface area contributed by atoms with E-state index >= 15 is 0 Å². The zero-order chi connectivity index (χ0) is 24.1. The van der Waals surface area contributed by atoms with Gasteiger partial charge >= 0.3 is 0 Å². The average molecular weight is 527 g/mol. The number of para-hydroxylation sites is 1. The summed E-state index contributed by atoms with van der Waals surface area (Å²) >= 11 is 6.29. The summed E-state index contributed by atoms with van der Waals surface area (Å²) in [5, 5.41) is 18.1. The molecule has 5 aromatic rings. The van der Waals surface area contributed by atoms with Crippen molar-refractivity contribution < 1.29 is 0 Å². The molecule has 6 rings (SSSR count). The van der Waals surface area contributed by atoms with Crippen molar-refractivity contribution in [3.8, 4) is 22.6 Å². The first-order valence-electron chi connectivity index (χ1n) is 10.5. The van der Waals surface area contributed by atoms with E-state index in [9.17, 15) is 4.79 Å². The molecule has 0 radical (unpaired) electrons. The molecule has 0 bridgehead atoms. The predicted molar refractivity (Wildman–Crippen MR) is 146 cm³/mol. The van der Waals surface area contributed by atoms with Crippen LogP contribution in [0.1, 0.15) is 4.88 Å². The predicted octanol–water partition coefficient (Wildman–Crippen LogP) is 5.64. The number of aromatic nitrogens is 1. The minimum Gasteiger partial charge on any atom is -0.343 e. The smallest absolute Gasteiger partial charge is 0.266 e. The van der Waals surface area contributed by atoms with Crippen molar-refractivity contribution in [3.05, 3.63) is 79.0 Å². The maximum Gasteiger partial charge on any atom is 0.266 e. The largest absolute Gasteiger partial charge is 0.343 e. The van der Waals surface area contributed by atoms with Crippen LogP contribution in [-0.2, 0) is 0 Å². The number of fused-ring (bicyclic) bond motifs is 3. The quantitative estimate of drug-likeness (QED) is 0.322. The molecular weight excluding hydrogens is 513 g/mol. The van der Waals surface area contributed by atoms with Crippen LogP contribution in [0.15, 0.2) is 69.2 Å². The van der Waals surface area contributed by atoms with Gasteiger partial charge in [0, 0.05) is 36.0 Å². The Labute approximate surface area is 216 Å². The van der Waals surface area contributed by atoms with E-state index in [0.29, 0.717) is 9.20 Å². The van der Waals surface area contributed by atoms with Crippen LogP contribution in [0.2, 0.25) is 0 Å². The number of thiophene rings is 2. The lowest BCUT2D eigenvalue weighted by molar-refractivity contribution is 1.11. The van der Waals surface area contributed by atoms with Gasteiger partial charge in [0.25, 0.3) is 5.56 Å². The molecule has 1 N–H and O–H groups in total. The van der Waals surface area contributed by atoms with Crippen LogP contribution < -0.4 is 19.7 Å². The van der Waals surface area contributed by atoms with Gasteiger partial charge in [0.1, 0.15) is 16.8 Å². The molecule has 2 aromatic carbocycles. The topological polar surface area (TPSA) is 83.7 Å². The van der Waals surface area contributed by atoms with Crippen molar-refractivity contribution in [1.29, 1.82) is 10.5 Å². The monoisotopic (exact) mass is 526 g/mol. The van der Waals surface area contributed by atoms with E-state index in [0.717, 1.165) is 16.2 Å². The Morgan fingerprint density at radius 1 is 0.943 bits per heavy atom. The number of aromatic amines is 1. The van der Waals surface area contributed by atoms with Gasteiger partial charge in [-0.1, -0.05) is 30.0 Å². The maximum absolute atomic E-state index is 12.3. The first-order chi connectivity index (χ1) is 17.0. The molecule has 0 fully saturated rings. The maximum atomic E-state index is 12.3. The fourth-order valence-electron chi connectivity index (χ4n) is 3.97. The van der Waals surface area contributed by atoms with Crippen molar-refractivity contribution in [1.82, 2.24) is 4.98 Å². The summed E-state index contributed by atoms with van der Waals surface area (Å²) in [6.45, 7) is 0. The molecule has 168 valence electrons. The number of H-pyrrole nitrogens is 1. The zero-order valence-electron chi connectivity index (χ0n) is 18.2. The second-order valence-corrected chi connectivity index (χ2v) is 12.1. The summed E-state index contributed by atoms with van der Waals surface area (Å²) in [5.41, 5.74) is 3.26. The third kappa shape index (κ3) is 3.79. The van der Waals surface area contributed by atoms with Crippen LogP contribution in [-0.4, -0.2) is 12.0 Å². The second kappa shape index (κ2) is 8.56. The number of thiazole rings is 1. The highest BCUT2D eigenvalue weighted by atomic mass is 32.2. The number of anilines is 2. The first kappa shape index (κ1) is 21.9. The molecule has 35 heavy (non-hydrogen) atoms. The summed E-state index contributed by atoms with van der Waals surface area (Å²) in [6, 6.07) is 23.0. The molecule has 0 aliphatic carbocycles. The van der Waals surface area contributed by atoms with E-state index in [2.05, 4.69) is 71.5 Å². The van der Waals surface area contributed by atoms with Gasteiger partial charge in [0.05, 0.1) is 15.9 Å². The van der Waals surface area contributed by atoms with Crippen LogP contribution >= 0.6 is 45.8 Å². The Hall–Kier alpha value is -3.60. The molecule has 0 saturated carbocycles. The van der Waals surface area contributed by atoms with Crippen LogP contribution in [0.4, 0.5) is 11.4 Å². The van der Waals surface area contributed by atoms with Crippen LogP contribution in [0.3, 0.4) is 0 Å². The number of rotatable bonds is 2. The summed E-state index contributed by atoms with van der Waals surface area (Å²) < 4.78 is 3.11. The van der Waals surface area contributed by atoms with Gasteiger partial charge in [-0.25, -0.2) is 0 Å². The van der Waals surface area contributed by atoms with Crippen molar-refractivity contribution in [2.45, 2.75) is 9.79 Å². The molecule has 0 atom stereocenters. The van der Waals surface area contributed by atoms with Gasteiger partial charge in [-0.2, -0.15) is 10.5 Å². The molecule has 1 aliphatic heterocycles. The van der Waals surface area contributed by atoms with E-state index in [4.69, 9.17) is 10.5 Å². The van der Waals surface area contributed by atoms with Crippen LogP contribution in [0, 0.1) is 22.7 Å². The van der Waals surface area contributed by atoms with Crippen LogP contribution in [0.5, 0.6) is 0 Å². The Morgan fingerprint density at radius 2 is 1.71 bits per heavy atom. The van der Waals surface area contributed by atoms with Crippen LogP contribution in [0.25, 0.3) is 31.5 Å². The lowest BCUT2D eigenvalue weighted by Gasteiger charge is -2.29. The Morgan fingerprint density at radius 3 is 2.51 bits per heavy atom. The zero-order valence-corrected chi connectivity index (χ0v) is 21.4. The van der Waals surface area contributed by atoms with Crippen molar-refractivity contribution in [3.63, 3.8) is 0 Å². The fraction of sp³-hybridized carbons (Fsp3) is 0.0385. The van der Waals surface area contributed by atoms with Gasteiger partial charge in [-0.05, 0) is 48.0 Å². The summed E-state index contributed by atoms with van der Waals surface area (Å²) in [7, 11) is 2.11. The lowest BCUT2D eigenvalue weighted by Crippen LogP contribution is -2.19. The van der Waals surface area contributed by atoms with E-state index in [1.165, 1.54) is 41.0 Å². The molecular formula is C26H14N4OS4. The fourth-order valence-corrected chi connectivity index (χ4v) is 8.47. The van der Waals surface area contributed by atoms with Crippen molar-refractivity contribution in [2.24, 2.45) is 0 Å². The van der Waals surface area contributed by atoms with E-state index in [-0.39, 0.29) is 11.1 Å². The molecule has 0 spiro atoms. The Bertz CT molecular complexity index is 1860. The van der Waals surface area contributed by atoms with Crippen molar-refractivity contribution in [2.75, 3.05) is 11.9 Å². The number of hydrogen-bond donors (Lipinski definition) is 1. The summed E-state index contributed by atoms with van der Waals surface area (Å²) in [6.07, 6.45) is 1.82. The molecule has 0 amide bonds. The highest BCUT2D eigenvalue weighted by Crippen LogP contribution is 2.49. The third-order valence-electron chi connectivity index (χ3n) is 5.67. The molecule has 0 saturated heterocycles. The highest BCUT2D eigenvalue weighted by Gasteiger charge is 2.21. The van der Waals surface area contributed by atoms with Gasteiger partial charge in [0.2, 0.25) is 0 Å². The van der Waals surface area contributed by atoms with E-state index in [1.807, 2.05) is 18.2 Å². The second-order valence-electron chi connectivity index (χ2n) is 7.79. The van der Waals surface area contributed by atoms with Crippen molar-refractivity contribution >= 4 is 78.2 Å². The SMILES string of the molecule is CN1c2ccccc2Sc2cc(-c3cc4sc(/C=c5\sc(=C(C#N)C#N)[nH]c5=O)cc4s3)ccc21. The number of nitriles is 2. The van der Waals surface area contributed by atoms with Gasteiger partial charge < -0.3 is 9.88 Å². The molecule has 5 nitrogen and oxygen atoms in total. The van der Waals surface area contributed by atoms with Gasteiger partial charge in [0.15, 0.2) is 5.57 Å². The third-order valence-corrected chi connectivity index (χ3v) is 10.1. The number of nitrogens with zero attached hydrogens (tertiary/aromatic N) is 3. The first-order valence-corrected chi connectivity index (χ1v) is 13.7. The molecule has 9 heteroatoms. The number of hydrogen-bond acceptors (Lipinski definition) is 8. The average Bonchev–Trinajstić information content (AvgIpc) is 3.53.